The lowest BCUT2D eigenvalue weighted by Gasteiger charge is -2.13. The minimum absolute atomic E-state index is 0.0337. The fourth-order valence-electron chi connectivity index (χ4n) is 2.22. The largest absolute Gasteiger partial charge is 0.450 e. The molecule has 4 nitrogen and oxygen atoms in total. The van der Waals surface area contributed by atoms with Crippen molar-refractivity contribution < 1.29 is 9.66 Å². The zero-order chi connectivity index (χ0) is 15.6. The molecule has 2 aromatic carbocycles. The van der Waals surface area contributed by atoms with Crippen LogP contribution in [0.2, 0.25) is 0 Å². The topological polar surface area (TPSA) is 52.4 Å². The molecular formula is C16H16ClNO3. The first kappa shape index (κ1) is 15.3. The van der Waals surface area contributed by atoms with E-state index in [0.29, 0.717) is 5.75 Å². The van der Waals surface area contributed by atoms with Crippen molar-refractivity contribution in [1.82, 2.24) is 0 Å². The molecule has 0 fully saturated rings. The molecule has 2 aromatic rings. The Labute approximate surface area is 128 Å². The number of rotatable bonds is 4. The van der Waals surface area contributed by atoms with Crippen molar-refractivity contribution in [1.29, 1.82) is 0 Å². The molecule has 21 heavy (non-hydrogen) atoms. The third-order valence-corrected chi connectivity index (χ3v) is 3.46. The number of aryl methyl sites for hydroxylation is 3. The average molecular weight is 306 g/mol. The summed E-state index contributed by atoms with van der Waals surface area (Å²) in [6, 6.07) is 8.96. The fraction of sp³-hybridized carbons (Fsp3) is 0.250. The molecule has 0 spiro atoms. The van der Waals surface area contributed by atoms with Crippen LogP contribution < -0.4 is 4.74 Å². The van der Waals surface area contributed by atoms with Gasteiger partial charge in [-0.2, -0.15) is 0 Å². The van der Waals surface area contributed by atoms with Crippen molar-refractivity contribution in [2.75, 3.05) is 0 Å². The summed E-state index contributed by atoms with van der Waals surface area (Å²) in [6.07, 6.45) is 0. The Morgan fingerprint density at radius 1 is 1.14 bits per heavy atom. The highest BCUT2D eigenvalue weighted by atomic mass is 35.5. The molecule has 0 saturated heterocycles. The van der Waals surface area contributed by atoms with Crippen LogP contribution in [0.15, 0.2) is 30.3 Å². The van der Waals surface area contributed by atoms with Crippen LogP contribution in [0.5, 0.6) is 11.5 Å². The number of halogens is 1. The van der Waals surface area contributed by atoms with Gasteiger partial charge in [-0.15, -0.1) is 11.6 Å². The molecule has 0 unspecified atom stereocenters. The van der Waals surface area contributed by atoms with Gasteiger partial charge in [-0.1, -0.05) is 23.8 Å². The molecule has 5 heteroatoms. The average Bonchev–Trinajstić information content (AvgIpc) is 2.42. The highest BCUT2D eigenvalue weighted by Crippen LogP contribution is 2.37. The first-order valence-corrected chi connectivity index (χ1v) is 7.05. The second-order valence-corrected chi connectivity index (χ2v) is 5.30. The summed E-state index contributed by atoms with van der Waals surface area (Å²) in [4.78, 5) is 10.8. The van der Waals surface area contributed by atoms with E-state index in [1.807, 2.05) is 32.0 Å². The van der Waals surface area contributed by atoms with Gasteiger partial charge in [0.15, 0.2) is 0 Å². The van der Waals surface area contributed by atoms with E-state index >= 15 is 0 Å². The molecule has 0 N–H and O–H groups in total. The molecule has 0 radical (unpaired) electrons. The quantitative estimate of drug-likeness (QED) is 0.451. The monoisotopic (exact) mass is 305 g/mol. The summed E-state index contributed by atoms with van der Waals surface area (Å²) in [5.74, 6) is 1.10. The Hall–Kier alpha value is -2.07. The number of alkyl halides is 1. The number of hydrogen-bond acceptors (Lipinski definition) is 3. The normalized spacial score (nSPS) is 10.5. The van der Waals surface area contributed by atoms with Crippen LogP contribution in [-0.4, -0.2) is 4.92 Å². The van der Waals surface area contributed by atoms with Gasteiger partial charge in [-0.25, -0.2) is 0 Å². The maximum atomic E-state index is 11.2. The molecule has 0 heterocycles. The lowest BCUT2D eigenvalue weighted by atomic mass is 10.1. The van der Waals surface area contributed by atoms with Crippen molar-refractivity contribution in [3.05, 3.63) is 62.7 Å². The van der Waals surface area contributed by atoms with Gasteiger partial charge in [0.25, 0.3) is 0 Å². The molecule has 0 saturated carbocycles. The minimum atomic E-state index is -0.427. The number of hydrogen-bond donors (Lipinski definition) is 0. The SMILES string of the molecule is Cc1ccc(Oc2c(C)cc(C)cc2[N+](=O)[O-])c(CCl)c1. The summed E-state index contributed by atoms with van der Waals surface area (Å²) in [5, 5.41) is 11.2. The van der Waals surface area contributed by atoms with E-state index < -0.39 is 4.92 Å². The lowest BCUT2D eigenvalue weighted by molar-refractivity contribution is -0.385. The van der Waals surface area contributed by atoms with Crippen molar-refractivity contribution in [3.8, 4) is 11.5 Å². The first-order valence-electron chi connectivity index (χ1n) is 6.51. The van der Waals surface area contributed by atoms with E-state index in [0.717, 1.165) is 22.3 Å². The van der Waals surface area contributed by atoms with Crippen molar-refractivity contribution >= 4 is 17.3 Å². The molecule has 0 aliphatic carbocycles. The first-order chi connectivity index (χ1) is 9.92. The maximum absolute atomic E-state index is 11.2. The predicted molar refractivity (Wildman–Crippen MR) is 83.4 cm³/mol. The molecule has 0 aromatic heterocycles. The number of nitro benzene ring substituents is 1. The summed E-state index contributed by atoms with van der Waals surface area (Å²) in [5.41, 5.74) is 3.39. The molecule has 0 aliphatic heterocycles. The van der Waals surface area contributed by atoms with E-state index in [-0.39, 0.29) is 17.3 Å². The van der Waals surface area contributed by atoms with Gasteiger partial charge in [0, 0.05) is 11.6 Å². The zero-order valence-corrected chi connectivity index (χ0v) is 12.9. The summed E-state index contributed by atoms with van der Waals surface area (Å²) >= 11 is 5.92. The molecule has 0 bridgehead atoms. The Morgan fingerprint density at radius 2 is 1.86 bits per heavy atom. The van der Waals surface area contributed by atoms with Crippen molar-refractivity contribution in [2.24, 2.45) is 0 Å². The van der Waals surface area contributed by atoms with E-state index in [9.17, 15) is 10.1 Å². The van der Waals surface area contributed by atoms with Crippen LogP contribution >= 0.6 is 11.6 Å². The highest BCUT2D eigenvalue weighted by Gasteiger charge is 2.20. The maximum Gasteiger partial charge on any atom is 0.312 e. The van der Waals surface area contributed by atoms with Crippen LogP contribution in [0, 0.1) is 30.9 Å². The molecule has 110 valence electrons. The standard InChI is InChI=1S/C16H16ClNO3/c1-10-4-5-15(13(7-10)9-17)21-16-12(3)6-11(2)8-14(16)18(19)20/h4-8H,9H2,1-3H3. The van der Waals surface area contributed by atoms with Crippen molar-refractivity contribution in [2.45, 2.75) is 26.7 Å². The summed E-state index contributed by atoms with van der Waals surface area (Å²) < 4.78 is 5.81. The molecule has 2 rings (SSSR count). The van der Waals surface area contributed by atoms with E-state index in [4.69, 9.17) is 16.3 Å². The number of nitrogens with zero attached hydrogens (tertiary/aromatic N) is 1. The Bertz CT molecular complexity index is 698. The van der Waals surface area contributed by atoms with Crippen LogP contribution in [0.4, 0.5) is 5.69 Å². The van der Waals surface area contributed by atoms with Gasteiger partial charge >= 0.3 is 5.69 Å². The van der Waals surface area contributed by atoms with Gasteiger partial charge in [0.1, 0.15) is 5.75 Å². The van der Waals surface area contributed by atoms with E-state index in [2.05, 4.69) is 0 Å². The number of ether oxygens (including phenoxy) is 1. The van der Waals surface area contributed by atoms with Crippen LogP contribution in [-0.2, 0) is 5.88 Å². The highest BCUT2D eigenvalue weighted by molar-refractivity contribution is 6.17. The smallest absolute Gasteiger partial charge is 0.312 e. The molecule has 0 atom stereocenters. The van der Waals surface area contributed by atoms with Gasteiger partial charge in [-0.3, -0.25) is 10.1 Å². The molecular weight excluding hydrogens is 290 g/mol. The summed E-state index contributed by atoms with van der Waals surface area (Å²) in [7, 11) is 0. The third kappa shape index (κ3) is 3.34. The summed E-state index contributed by atoms with van der Waals surface area (Å²) in [6.45, 7) is 5.57. The fourth-order valence-corrected chi connectivity index (χ4v) is 2.43. The zero-order valence-electron chi connectivity index (χ0n) is 12.1. The van der Waals surface area contributed by atoms with Gasteiger partial charge < -0.3 is 4.74 Å². The number of benzene rings is 2. The van der Waals surface area contributed by atoms with Crippen LogP contribution in [0.1, 0.15) is 22.3 Å². The minimum Gasteiger partial charge on any atom is -0.450 e. The van der Waals surface area contributed by atoms with Gasteiger partial charge in [0.05, 0.1) is 10.8 Å². The second-order valence-electron chi connectivity index (χ2n) is 5.03. The van der Waals surface area contributed by atoms with Gasteiger partial charge in [0.2, 0.25) is 5.75 Å². The van der Waals surface area contributed by atoms with Gasteiger partial charge in [-0.05, 0) is 38.0 Å². The predicted octanol–water partition coefficient (Wildman–Crippen LogP) is 5.05. The lowest BCUT2D eigenvalue weighted by Crippen LogP contribution is -1.98. The molecule has 0 amide bonds. The Morgan fingerprint density at radius 3 is 2.48 bits per heavy atom. The van der Waals surface area contributed by atoms with E-state index in [1.54, 1.807) is 13.0 Å². The Kier molecular flexibility index (Phi) is 4.48. The third-order valence-electron chi connectivity index (χ3n) is 3.17. The van der Waals surface area contributed by atoms with Crippen LogP contribution in [0.3, 0.4) is 0 Å². The van der Waals surface area contributed by atoms with E-state index in [1.165, 1.54) is 6.07 Å². The van der Waals surface area contributed by atoms with Crippen LogP contribution in [0.25, 0.3) is 0 Å². The van der Waals surface area contributed by atoms with Crippen molar-refractivity contribution in [3.63, 3.8) is 0 Å². The molecule has 0 aliphatic rings. The second kappa shape index (κ2) is 6.14. The Balaban J connectivity index is 2.51. The number of nitro groups is 1.